The minimum atomic E-state index is -0.506. The largest absolute Gasteiger partial charge is 0.354 e. The van der Waals surface area contributed by atoms with E-state index in [0.29, 0.717) is 24.6 Å². The quantitative estimate of drug-likeness (QED) is 0.546. The maximum Gasteiger partial charge on any atom is 0.332 e. The van der Waals surface area contributed by atoms with Crippen molar-refractivity contribution in [2.24, 2.45) is 20.0 Å². The smallest absolute Gasteiger partial charge is 0.332 e. The predicted octanol–water partition coefficient (Wildman–Crippen LogP) is 0.949. The molecular weight excluding hydrogens is 403 g/mol. The number of nitrogens with one attached hydrogen (secondary N) is 2. The monoisotopic (exact) mass is 428 g/mol. The van der Waals surface area contributed by atoms with Crippen molar-refractivity contribution in [1.29, 1.82) is 0 Å². The average Bonchev–Trinajstić information content (AvgIpc) is 3.07. The van der Waals surface area contributed by atoms with Crippen LogP contribution in [0.5, 0.6) is 0 Å². The van der Waals surface area contributed by atoms with Gasteiger partial charge in [0, 0.05) is 38.7 Å². The molecule has 0 radical (unpaired) electrons. The Morgan fingerprint density at radius 3 is 2.58 bits per heavy atom. The molecule has 0 unspecified atom stereocenters. The van der Waals surface area contributed by atoms with Crippen LogP contribution in [0.1, 0.15) is 24.8 Å². The highest BCUT2D eigenvalue weighted by Crippen LogP contribution is 2.26. The first-order valence-electron chi connectivity index (χ1n) is 10.3. The number of halogens is 1. The molecule has 9 nitrogen and oxygen atoms in total. The molecule has 0 atom stereocenters. The van der Waals surface area contributed by atoms with E-state index < -0.39 is 17.1 Å². The molecular formula is C21H25FN6O3. The number of benzene rings is 1. The zero-order chi connectivity index (χ0) is 22.1. The maximum absolute atomic E-state index is 14.3. The minimum absolute atomic E-state index is 0.0455. The van der Waals surface area contributed by atoms with Crippen LogP contribution in [0.25, 0.3) is 11.2 Å². The highest BCUT2D eigenvalue weighted by molar-refractivity contribution is 5.79. The van der Waals surface area contributed by atoms with E-state index >= 15 is 0 Å². The Bertz CT molecular complexity index is 1250. The van der Waals surface area contributed by atoms with E-state index in [1.54, 1.807) is 22.8 Å². The molecule has 10 heteroatoms. The number of carbonyl (C=O) groups is 1. The molecule has 2 aromatic heterocycles. The molecule has 3 aromatic rings. The maximum atomic E-state index is 14.3. The number of fused-ring (bicyclic) bond motifs is 1. The van der Waals surface area contributed by atoms with E-state index in [4.69, 9.17) is 0 Å². The molecule has 1 amide bonds. The van der Waals surface area contributed by atoms with Gasteiger partial charge in [-0.25, -0.2) is 9.18 Å². The number of imidazole rings is 1. The summed E-state index contributed by atoms with van der Waals surface area (Å²) >= 11 is 0. The van der Waals surface area contributed by atoms with Gasteiger partial charge in [-0.05, 0) is 18.9 Å². The number of aryl methyl sites for hydroxylation is 1. The molecule has 1 saturated carbocycles. The summed E-state index contributed by atoms with van der Waals surface area (Å²) in [6.45, 7) is 0.815. The standard InChI is InChI=1S/C21H25FN6O3/c1-26-17-16(19(30)27(2)21(26)31)28(12-14-6-3-4-9-15(14)22)20(25-17)24-11-10-23-18(29)13-7-5-8-13/h3-4,6,9,13H,5,7-8,10-12H2,1-2H3,(H,23,29)(H,24,25). The molecule has 2 heterocycles. The van der Waals surface area contributed by atoms with E-state index in [9.17, 15) is 18.8 Å². The number of amides is 1. The van der Waals surface area contributed by atoms with Gasteiger partial charge < -0.3 is 10.6 Å². The van der Waals surface area contributed by atoms with Crippen LogP contribution in [0.2, 0.25) is 0 Å². The zero-order valence-corrected chi connectivity index (χ0v) is 17.5. The summed E-state index contributed by atoms with van der Waals surface area (Å²) < 4.78 is 18.2. The molecule has 0 aliphatic heterocycles. The molecule has 164 valence electrons. The topological polar surface area (TPSA) is 103 Å². The number of anilines is 1. The van der Waals surface area contributed by atoms with E-state index in [-0.39, 0.29) is 29.5 Å². The van der Waals surface area contributed by atoms with Crippen molar-refractivity contribution in [3.8, 4) is 0 Å². The molecule has 1 aliphatic carbocycles. The summed E-state index contributed by atoms with van der Waals surface area (Å²) in [7, 11) is 2.93. The molecule has 2 N–H and O–H groups in total. The lowest BCUT2D eigenvalue weighted by Crippen LogP contribution is -2.37. The van der Waals surface area contributed by atoms with Crippen LogP contribution in [-0.4, -0.2) is 37.7 Å². The second kappa shape index (κ2) is 8.37. The first kappa shape index (κ1) is 20.8. The number of rotatable bonds is 7. The fraction of sp³-hybridized carbons (Fsp3) is 0.429. The number of nitrogens with zero attached hydrogens (tertiary/aromatic N) is 4. The van der Waals surface area contributed by atoms with Crippen LogP contribution in [0.4, 0.5) is 10.3 Å². The summed E-state index contributed by atoms with van der Waals surface area (Å²) in [6, 6.07) is 6.30. The molecule has 1 fully saturated rings. The van der Waals surface area contributed by atoms with Gasteiger partial charge in [-0.1, -0.05) is 24.6 Å². The van der Waals surface area contributed by atoms with Gasteiger partial charge in [0.05, 0.1) is 6.54 Å². The number of hydrogen-bond acceptors (Lipinski definition) is 5. The first-order chi connectivity index (χ1) is 14.9. The average molecular weight is 428 g/mol. The first-order valence-corrected chi connectivity index (χ1v) is 10.3. The molecule has 1 aliphatic rings. The Kier molecular flexibility index (Phi) is 5.62. The summed E-state index contributed by atoms with van der Waals surface area (Å²) in [4.78, 5) is 41.6. The SMILES string of the molecule is Cn1c(=O)c2c(nc(NCCNC(=O)C3CCC3)n2Cc2ccccc2F)n(C)c1=O. The van der Waals surface area contributed by atoms with Crippen LogP contribution in [0, 0.1) is 11.7 Å². The van der Waals surface area contributed by atoms with Crippen molar-refractivity contribution in [2.45, 2.75) is 25.8 Å². The van der Waals surface area contributed by atoms with Crippen LogP contribution >= 0.6 is 0 Å². The van der Waals surface area contributed by atoms with Gasteiger partial charge in [0.15, 0.2) is 11.2 Å². The van der Waals surface area contributed by atoms with Crippen molar-refractivity contribution >= 4 is 23.0 Å². The lowest BCUT2D eigenvalue weighted by molar-refractivity contribution is -0.127. The van der Waals surface area contributed by atoms with Gasteiger partial charge in [0.25, 0.3) is 5.56 Å². The molecule has 0 spiro atoms. The van der Waals surface area contributed by atoms with Crippen LogP contribution in [0.15, 0.2) is 33.9 Å². The number of hydrogen-bond donors (Lipinski definition) is 2. The molecule has 0 bridgehead atoms. The van der Waals surface area contributed by atoms with Crippen molar-refractivity contribution in [3.63, 3.8) is 0 Å². The third kappa shape index (κ3) is 3.85. The molecule has 0 saturated heterocycles. The Morgan fingerprint density at radius 1 is 1.16 bits per heavy atom. The minimum Gasteiger partial charge on any atom is -0.354 e. The van der Waals surface area contributed by atoms with Crippen LogP contribution in [-0.2, 0) is 25.4 Å². The van der Waals surface area contributed by atoms with E-state index in [0.717, 1.165) is 23.8 Å². The number of carbonyl (C=O) groups excluding carboxylic acids is 1. The van der Waals surface area contributed by atoms with Crippen molar-refractivity contribution in [2.75, 3.05) is 18.4 Å². The summed E-state index contributed by atoms with van der Waals surface area (Å²) in [5.41, 5.74) is -0.195. The van der Waals surface area contributed by atoms with Crippen LogP contribution in [0.3, 0.4) is 0 Å². The summed E-state index contributed by atoms with van der Waals surface area (Å²) in [5.74, 6) is 0.0755. The number of aromatic nitrogens is 4. The van der Waals surface area contributed by atoms with Crippen LogP contribution < -0.4 is 21.9 Å². The third-order valence-corrected chi connectivity index (χ3v) is 5.82. The Hall–Kier alpha value is -3.43. The van der Waals surface area contributed by atoms with Gasteiger partial charge in [0.1, 0.15) is 5.82 Å². The van der Waals surface area contributed by atoms with Gasteiger partial charge in [-0.3, -0.25) is 23.3 Å². The molecule has 31 heavy (non-hydrogen) atoms. The Morgan fingerprint density at radius 2 is 1.90 bits per heavy atom. The second-order valence-electron chi connectivity index (χ2n) is 7.84. The van der Waals surface area contributed by atoms with Crippen molar-refractivity contribution < 1.29 is 9.18 Å². The van der Waals surface area contributed by atoms with E-state index in [1.807, 2.05) is 0 Å². The Balaban J connectivity index is 1.66. The fourth-order valence-electron chi connectivity index (χ4n) is 3.71. The highest BCUT2D eigenvalue weighted by Gasteiger charge is 2.25. The zero-order valence-electron chi connectivity index (χ0n) is 17.5. The van der Waals surface area contributed by atoms with E-state index in [1.165, 1.54) is 24.7 Å². The second-order valence-corrected chi connectivity index (χ2v) is 7.84. The highest BCUT2D eigenvalue weighted by atomic mass is 19.1. The predicted molar refractivity (Wildman–Crippen MR) is 115 cm³/mol. The molecule has 4 rings (SSSR count). The summed E-state index contributed by atoms with van der Waals surface area (Å²) in [6.07, 6.45) is 2.94. The van der Waals surface area contributed by atoms with E-state index in [2.05, 4.69) is 15.6 Å². The normalized spacial score (nSPS) is 13.9. The van der Waals surface area contributed by atoms with Gasteiger partial charge in [-0.2, -0.15) is 4.98 Å². The fourth-order valence-corrected chi connectivity index (χ4v) is 3.71. The lowest BCUT2D eigenvalue weighted by atomic mass is 9.85. The van der Waals surface area contributed by atoms with Gasteiger partial charge >= 0.3 is 5.69 Å². The van der Waals surface area contributed by atoms with Crippen molar-refractivity contribution in [1.82, 2.24) is 24.0 Å². The third-order valence-electron chi connectivity index (χ3n) is 5.82. The lowest BCUT2D eigenvalue weighted by Gasteiger charge is -2.24. The Labute approximate surface area is 177 Å². The summed E-state index contributed by atoms with van der Waals surface area (Å²) in [5, 5.41) is 6.01. The van der Waals surface area contributed by atoms with Gasteiger partial charge in [0.2, 0.25) is 11.9 Å². The molecule has 1 aromatic carbocycles. The van der Waals surface area contributed by atoms with Crippen molar-refractivity contribution in [3.05, 3.63) is 56.5 Å². The van der Waals surface area contributed by atoms with Gasteiger partial charge in [-0.15, -0.1) is 0 Å².